The lowest BCUT2D eigenvalue weighted by molar-refractivity contribution is 0.112. The van der Waals surface area contributed by atoms with Gasteiger partial charge in [-0.25, -0.2) is 18.4 Å². The van der Waals surface area contributed by atoms with E-state index < -0.39 is 10.0 Å². The van der Waals surface area contributed by atoms with Crippen LogP contribution in [-0.2, 0) is 10.0 Å². The lowest BCUT2D eigenvalue weighted by Gasteiger charge is -2.32. The van der Waals surface area contributed by atoms with Gasteiger partial charge in [-0.15, -0.1) is 0 Å². The lowest BCUT2D eigenvalue weighted by atomic mass is 10.0. The predicted octanol–water partition coefficient (Wildman–Crippen LogP) is 4.90. The molecule has 5 rings (SSSR count). The number of nitrogens with zero attached hydrogens (tertiary/aromatic N) is 4. The first kappa shape index (κ1) is 22.7. The summed E-state index contributed by atoms with van der Waals surface area (Å²) in [5.41, 5.74) is 4.05. The van der Waals surface area contributed by atoms with E-state index in [1.165, 1.54) is 22.5 Å². The Morgan fingerprint density at radius 1 is 1.06 bits per heavy atom. The summed E-state index contributed by atoms with van der Waals surface area (Å²) in [5.74, 6) is 0.851. The topological polar surface area (TPSA) is 85.2 Å². The Morgan fingerprint density at radius 3 is 2.53 bits per heavy atom. The number of carbonyl (C=O) groups excluding carboxylic acids is 1. The molecule has 1 aliphatic heterocycles. The second kappa shape index (κ2) is 8.94. The predicted molar refractivity (Wildman–Crippen MR) is 132 cm³/mol. The van der Waals surface area contributed by atoms with Crippen LogP contribution in [0.15, 0.2) is 65.7 Å². The fourth-order valence-electron chi connectivity index (χ4n) is 4.54. The maximum Gasteiger partial charge on any atom is 0.243 e. The van der Waals surface area contributed by atoms with Gasteiger partial charge in [-0.1, -0.05) is 35.9 Å². The van der Waals surface area contributed by atoms with E-state index in [2.05, 4.69) is 28.6 Å². The SMILES string of the molecule is Cc1ccccc1-c1nc2cccnc2n1C1CCN(S(=O)(=O)c2ccc(C=O)c(Cl)c2)CC1. The van der Waals surface area contributed by atoms with Crippen LogP contribution in [0.3, 0.4) is 0 Å². The highest BCUT2D eigenvalue weighted by Crippen LogP contribution is 2.35. The third kappa shape index (κ3) is 3.91. The van der Waals surface area contributed by atoms with Crippen LogP contribution in [0.5, 0.6) is 0 Å². The molecule has 0 aliphatic carbocycles. The number of aryl methyl sites for hydroxylation is 1. The van der Waals surface area contributed by atoms with E-state index in [1.54, 1.807) is 6.20 Å². The summed E-state index contributed by atoms with van der Waals surface area (Å²) in [6.07, 6.45) is 3.62. The van der Waals surface area contributed by atoms with E-state index in [1.807, 2.05) is 24.3 Å². The summed E-state index contributed by atoms with van der Waals surface area (Å²) in [5, 5.41) is 0.129. The highest BCUT2D eigenvalue weighted by Gasteiger charge is 2.32. The second-order valence-electron chi connectivity index (χ2n) is 8.40. The second-order valence-corrected chi connectivity index (χ2v) is 10.7. The van der Waals surface area contributed by atoms with Crippen molar-refractivity contribution >= 4 is 39.1 Å². The molecule has 0 spiro atoms. The van der Waals surface area contributed by atoms with Gasteiger partial charge in [0.05, 0.1) is 9.92 Å². The first-order valence-electron chi connectivity index (χ1n) is 11.0. The molecule has 1 fully saturated rings. The molecule has 7 nitrogen and oxygen atoms in total. The molecule has 1 aliphatic rings. The molecule has 0 bridgehead atoms. The fraction of sp³-hybridized carbons (Fsp3) is 0.240. The summed E-state index contributed by atoms with van der Waals surface area (Å²) >= 11 is 6.08. The Labute approximate surface area is 203 Å². The van der Waals surface area contributed by atoms with Gasteiger partial charge in [0.15, 0.2) is 11.9 Å². The van der Waals surface area contributed by atoms with E-state index in [-0.39, 0.29) is 21.5 Å². The molecule has 0 N–H and O–H groups in total. The molecular formula is C25H23ClN4O3S. The molecule has 9 heteroatoms. The summed E-state index contributed by atoms with van der Waals surface area (Å²) in [4.78, 5) is 20.6. The highest BCUT2D eigenvalue weighted by atomic mass is 35.5. The first-order chi connectivity index (χ1) is 16.4. The minimum Gasteiger partial charge on any atom is -0.305 e. The zero-order valence-corrected chi connectivity index (χ0v) is 20.1. The molecule has 0 saturated carbocycles. The number of carbonyl (C=O) groups is 1. The van der Waals surface area contributed by atoms with Gasteiger partial charge in [0.2, 0.25) is 10.0 Å². The van der Waals surface area contributed by atoms with Gasteiger partial charge >= 0.3 is 0 Å². The number of piperidine rings is 1. The van der Waals surface area contributed by atoms with Crippen LogP contribution in [0, 0.1) is 6.92 Å². The lowest BCUT2D eigenvalue weighted by Crippen LogP contribution is -2.39. The molecule has 2 aromatic carbocycles. The standard InChI is InChI=1S/C25H23ClN4O3S/c1-17-5-2-3-6-21(17)24-28-23-7-4-12-27-25(23)30(24)19-10-13-29(14-11-19)34(32,33)20-9-8-18(16-31)22(26)15-20/h2-9,12,15-16,19H,10-11,13-14H2,1H3. The van der Waals surface area contributed by atoms with E-state index in [0.717, 1.165) is 28.1 Å². The van der Waals surface area contributed by atoms with Gasteiger partial charge in [0.1, 0.15) is 11.3 Å². The van der Waals surface area contributed by atoms with Gasteiger partial charge in [-0.05, 0) is 55.7 Å². The Bertz CT molecular complexity index is 1490. The van der Waals surface area contributed by atoms with Crippen molar-refractivity contribution in [2.75, 3.05) is 13.1 Å². The van der Waals surface area contributed by atoms with Crippen molar-refractivity contribution in [3.63, 3.8) is 0 Å². The van der Waals surface area contributed by atoms with E-state index in [4.69, 9.17) is 16.6 Å². The number of hydrogen-bond donors (Lipinski definition) is 0. The van der Waals surface area contributed by atoms with Crippen LogP contribution >= 0.6 is 11.6 Å². The van der Waals surface area contributed by atoms with Crippen molar-refractivity contribution in [1.29, 1.82) is 0 Å². The average molecular weight is 495 g/mol. The third-order valence-electron chi connectivity index (χ3n) is 6.36. The number of rotatable bonds is 5. The Balaban J connectivity index is 1.46. The third-order valence-corrected chi connectivity index (χ3v) is 8.58. The van der Waals surface area contributed by atoms with Crippen LogP contribution in [0.2, 0.25) is 5.02 Å². The van der Waals surface area contributed by atoms with Crippen molar-refractivity contribution in [3.8, 4) is 11.4 Å². The van der Waals surface area contributed by atoms with Crippen molar-refractivity contribution in [1.82, 2.24) is 18.8 Å². The van der Waals surface area contributed by atoms with Crippen molar-refractivity contribution < 1.29 is 13.2 Å². The molecule has 3 heterocycles. The minimum absolute atomic E-state index is 0.0574. The summed E-state index contributed by atoms with van der Waals surface area (Å²) in [6.45, 7) is 2.78. The molecule has 0 radical (unpaired) electrons. The average Bonchev–Trinajstić information content (AvgIpc) is 3.23. The normalized spacial score (nSPS) is 15.6. The van der Waals surface area contributed by atoms with Crippen molar-refractivity contribution in [3.05, 3.63) is 76.9 Å². The number of halogens is 1. The van der Waals surface area contributed by atoms with Gasteiger partial charge in [0.25, 0.3) is 0 Å². The summed E-state index contributed by atoms with van der Waals surface area (Å²) < 4.78 is 30.1. The van der Waals surface area contributed by atoms with Crippen molar-refractivity contribution in [2.24, 2.45) is 0 Å². The minimum atomic E-state index is -3.72. The molecule has 4 aromatic rings. The largest absolute Gasteiger partial charge is 0.305 e. The molecule has 34 heavy (non-hydrogen) atoms. The number of fused-ring (bicyclic) bond motifs is 1. The maximum atomic E-state index is 13.2. The van der Waals surface area contributed by atoms with Gasteiger partial charge < -0.3 is 4.57 Å². The molecule has 0 unspecified atom stereocenters. The molecule has 0 atom stereocenters. The van der Waals surface area contributed by atoms with Gasteiger partial charge in [-0.2, -0.15) is 4.31 Å². The highest BCUT2D eigenvalue weighted by molar-refractivity contribution is 7.89. The Morgan fingerprint density at radius 2 is 1.82 bits per heavy atom. The van der Waals surface area contributed by atoms with E-state index in [9.17, 15) is 13.2 Å². The maximum absolute atomic E-state index is 13.2. The number of pyridine rings is 1. The first-order valence-corrected chi connectivity index (χ1v) is 12.9. The molecule has 174 valence electrons. The Kier molecular flexibility index (Phi) is 5.97. The number of hydrogen-bond acceptors (Lipinski definition) is 5. The number of sulfonamides is 1. The van der Waals surface area contributed by atoms with Crippen LogP contribution in [0.4, 0.5) is 0 Å². The van der Waals surface area contributed by atoms with Crippen LogP contribution in [-0.4, -0.2) is 46.6 Å². The van der Waals surface area contributed by atoms with E-state index in [0.29, 0.717) is 32.2 Å². The number of benzene rings is 2. The monoisotopic (exact) mass is 494 g/mol. The molecule has 2 aromatic heterocycles. The molecule has 1 saturated heterocycles. The summed E-state index contributed by atoms with van der Waals surface area (Å²) in [7, 11) is -3.72. The van der Waals surface area contributed by atoms with Crippen LogP contribution < -0.4 is 0 Å². The van der Waals surface area contributed by atoms with Gasteiger partial charge in [-0.3, -0.25) is 4.79 Å². The van der Waals surface area contributed by atoms with Crippen LogP contribution in [0.25, 0.3) is 22.6 Å². The van der Waals surface area contributed by atoms with E-state index >= 15 is 0 Å². The zero-order chi connectivity index (χ0) is 23.9. The number of imidazole rings is 1. The number of aldehydes is 1. The fourth-order valence-corrected chi connectivity index (χ4v) is 6.33. The number of aromatic nitrogens is 3. The molecule has 0 amide bonds. The van der Waals surface area contributed by atoms with Gasteiger partial charge in [0, 0.05) is 36.5 Å². The molecular weight excluding hydrogens is 472 g/mol. The van der Waals surface area contributed by atoms with Crippen molar-refractivity contribution in [2.45, 2.75) is 30.7 Å². The smallest absolute Gasteiger partial charge is 0.243 e. The zero-order valence-electron chi connectivity index (χ0n) is 18.6. The van der Waals surface area contributed by atoms with Crippen LogP contribution in [0.1, 0.15) is 34.8 Å². The quantitative estimate of drug-likeness (QED) is 0.368. The Hall–Kier alpha value is -3.07. The summed E-state index contributed by atoms with van der Waals surface area (Å²) in [6, 6.07) is 16.2.